The lowest BCUT2D eigenvalue weighted by molar-refractivity contribution is -0.0124. The minimum atomic E-state index is 0.0897. The third kappa shape index (κ3) is 2.73. The molecule has 0 spiro atoms. The predicted octanol–water partition coefficient (Wildman–Crippen LogP) is 2.92. The number of carbonyl (C=O) groups excluding carboxylic acids is 1. The van der Waals surface area contributed by atoms with Crippen molar-refractivity contribution in [2.24, 2.45) is 0 Å². The maximum Gasteiger partial charge on any atom is 0.257 e. The standard InChI is InChI=1S/C19H23N3O2/c1-13-5-3-4-6-17(13)22-18(15-7-8-15)16(11-20-22)19(23)21-9-10-24-14(2)12-21/h3-6,11,14-15H,7-10,12H2,1-2H3. The topological polar surface area (TPSA) is 47.4 Å². The lowest BCUT2D eigenvalue weighted by atomic mass is 10.1. The van der Waals surface area contributed by atoms with Crippen LogP contribution in [0.1, 0.15) is 47.3 Å². The Hall–Kier alpha value is -2.14. The second kappa shape index (κ2) is 6.06. The van der Waals surface area contributed by atoms with Gasteiger partial charge in [0.1, 0.15) is 0 Å². The smallest absolute Gasteiger partial charge is 0.257 e. The molecule has 1 aromatic carbocycles. The maximum atomic E-state index is 13.0. The number of amides is 1. The molecule has 0 N–H and O–H groups in total. The molecule has 1 saturated heterocycles. The van der Waals surface area contributed by atoms with Gasteiger partial charge in [-0.05, 0) is 38.3 Å². The average Bonchev–Trinajstić information content (AvgIpc) is 3.33. The monoisotopic (exact) mass is 325 g/mol. The normalized spacial score (nSPS) is 21.1. The lowest BCUT2D eigenvalue weighted by Gasteiger charge is -2.31. The minimum Gasteiger partial charge on any atom is -0.375 e. The van der Waals surface area contributed by atoms with Crippen molar-refractivity contribution < 1.29 is 9.53 Å². The highest BCUT2D eigenvalue weighted by atomic mass is 16.5. The Kier molecular flexibility index (Phi) is 3.88. The number of rotatable bonds is 3. The van der Waals surface area contributed by atoms with Crippen molar-refractivity contribution >= 4 is 5.91 Å². The number of benzene rings is 1. The van der Waals surface area contributed by atoms with Gasteiger partial charge in [0.05, 0.1) is 35.9 Å². The summed E-state index contributed by atoms with van der Waals surface area (Å²) in [5.41, 5.74) is 4.07. The molecule has 2 fully saturated rings. The summed E-state index contributed by atoms with van der Waals surface area (Å²) in [7, 11) is 0. The molecule has 2 aromatic rings. The Balaban J connectivity index is 1.72. The number of hydrogen-bond acceptors (Lipinski definition) is 3. The summed E-state index contributed by atoms with van der Waals surface area (Å²) in [6.07, 6.45) is 4.12. The van der Waals surface area contributed by atoms with Crippen LogP contribution in [0.3, 0.4) is 0 Å². The van der Waals surface area contributed by atoms with Crippen LogP contribution in [0.5, 0.6) is 0 Å². The number of hydrogen-bond donors (Lipinski definition) is 0. The Bertz CT molecular complexity index is 764. The zero-order valence-electron chi connectivity index (χ0n) is 14.2. The number of nitrogens with zero attached hydrogens (tertiary/aromatic N) is 3. The van der Waals surface area contributed by atoms with Crippen molar-refractivity contribution in [1.29, 1.82) is 0 Å². The van der Waals surface area contributed by atoms with E-state index < -0.39 is 0 Å². The number of aromatic nitrogens is 2. The first-order valence-electron chi connectivity index (χ1n) is 8.70. The van der Waals surface area contributed by atoms with Gasteiger partial charge in [0.15, 0.2) is 0 Å². The SMILES string of the molecule is Cc1ccccc1-n1ncc(C(=O)N2CCOC(C)C2)c1C1CC1. The molecule has 1 saturated carbocycles. The van der Waals surface area contributed by atoms with Gasteiger partial charge in [0, 0.05) is 19.0 Å². The van der Waals surface area contributed by atoms with Crippen LogP contribution in [0.15, 0.2) is 30.5 Å². The number of ether oxygens (including phenoxy) is 1. The fourth-order valence-corrected chi connectivity index (χ4v) is 3.44. The molecule has 1 aromatic heterocycles. The molecule has 1 aliphatic carbocycles. The van der Waals surface area contributed by atoms with E-state index >= 15 is 0 Å². The molecule has 1 amide bonds. The second-order valence-corrected chi connectivity index (χ2v) is 6.85. The molecule has 1 atom stereocenters. The van der Waals surface area contributed by atoms with Crippen molar-refractivity contribution in [3.8, 4) is 5.69 Å². The summed E-state index contributed by atoms with van der Waals surface area (Å²) < 4.78 is 7.54. The van der Waals surface area contributed by atoms with Crippen molar-refractivity contribution in [1.82, 2.24) is 14.7 Å². The third-order valence-corrected chi connectivity index (χ3v) is 4.87. The van der Waals surface area contributed by atoms with Gasteiger partial charge in [-0.15, -0.1) is 0 Å². The fourth-order valence-electron chi connectivity index (χ4n) is 3.44. The zero-order valence-corrected chi connectivity index (χ0v) is 14.2. The minimum absolute atomic E-state index is 0.0897. The molecular formula is C19H23N3O2. The van der Waals surface area contributed by atoms with Gasteiger partial charge in [-0.2, -0.15) is 5.10 Å². The van der Waals surface area contributed by atoms with E-state index in [0.29, 0.717) is 25.6 Å². The highest BCUT2D eigenvalue weighted by Gasteiger charge is 2.35. The second-order valence-electron chi connectivity index (χ2n) is 6.85. The van der Waals surface area contributed by atoms with Crippen LogP contribution in [0, 0.1) is 6.92 Å². The van der Waals surface area contributed by atoms with E-state index in [4.69, 9.17) is 4.74 Å². The summed E-state index contributed by atoms with van der Waals surface area (Å²) in [5, 5.41) is 4.58. The van der Waals surface area contributed by atoms with E-state index in [1.165, 1.54) is 5.56 Å². The first-order valence-corrected chi connectivity index (χ1v) is 8.70. The van der Waals surface area contributed by atoms with Gasteiger partial charge in [-0.3, -0.25) is 4.79 Å². The van der Waals surface area contributed by atoms with Crippen LogP contribution >= 0.6 is 0 Å². The maximum absolute atomic E-state index is 13.0. The lowest BCUT2D eigenvalue weighted by Crippen LogP contribution is -2.44. The van der Waals surface area contributed by atoms with Crippen molar-refractivity contribution in [2.75, 3.05) is 19.7 Å². The quantitative estimate of drug-likeness (QED) is 0.872. The van der Waals surface area contributed by atoms with Crippen molar-refractivity contribution in [2.45, 2.75) is 38.7 Å². The van der Waals surface area contributed by atoms with Crippen LogP contribution in [0.4, 0.5) is 0 Å². The number of carbonyl (C=O) groups is 1. The molecule has 4 rings (SSSR count). The van der Waals surface area contributed by atoms with E-state index in [9.17, 15) is 4.79 Å². The van der Waals surface area contributed by atoms with E-state index in [1.807, 2.05) is 28.6 Å². The van der Waals surface area contributed by atoms with Gasteiger partial charge in [0.2, 0.25) is 0 Å². The highest BCUT2D eigenvalue weighted by Crippen LogP contribution is 2.43. The molecule has 1 aliphatic heterocycles. The molecule has 24 heavy (non-hydrogen) atoms. The van der Waals surface area contributed by atoms with E-state index in [1.54, 1.807) is 6.20 Å². The molecule has 126 valence electrons. The van der Waals surface area contributed by atoms with Crippen molar-refractivity contribution in [3.63, 3.8) is 0 Å². The van der Waals surface area contributed by atoms with E-state index in [-0.39, 0.29) is 12.0 Å². The number of aryl methyl sites for hydroxylation is 1. The van der Waals surface area contributed by atoms with Crippen LogP contribution in [0.2, 0.25) is 0 Å². The molecule has 0 bridgehead atoms. The summed E-state index contributed by atoms with van der Waals surface area (Å²) in [6, 6.07) is 8.20. The van der Waals surface area contributed by atoms with Crippen LogP contribution in [-0.2, 0) is 4.74 Å². The first kappa shape index (κ1) is 15.4. The molecule has 5 heteroatoms. The van der Waals surface area contributed by atoms with Crippen LogP contribution in [0.25, 0.3) is 5.69 Å². The first-order chi connectivity index (χ1) is 11.6. The Morgan fingerprint density at radius 2 is 2.08 bits per heavy atom. The number of morpholine rings is 1. The summed E-state index contributed by atoms with van der Waals surface area (Å²) >= 11 is 0. The van der Waals surface area contributed by atoms with Gasteiger partial charge in [0.25, 0.3) is 5.91 Å². The summed E-state index contributed by atoms with van der Waals surface area (Å²) in [4.78, 5) is 14.9. The highest BCUT2D eigenvalue weighted by molar-refractivity contribution is 5.95. The van der Waals surface area contributed by atoms with Gasteiger partial charge in [-0.25, -0.2) is 4.68 Å². The van der Waals surface area contributed by atoms with E-state index in [0.717, 1.165) is 29.8 Å². The molecule has 5 nitrogen and oxygen atoms in total. The molecule has 2 heterocycles. The Morgan fingerprint density at radius 3 is 2.79 bits per heavy atom. The third-order valence-electron chi connectivity index (χ3n) is 4.87. The van der Waals surface area contributed by atoms with E-state index in [2.05, 4.69) is 24.2 Å². The molecule has 2 aliphatic rings. The predicted molar refractivity (Wildman–Crippen MR) is 91.6 cm³/mol. The van der Waals surface area contributed by atoms with Crippen LogP contribution < -0.4 is 0 Å². The molecule has 0 radical (unpaired) electrons. The summed E-state index contributed by atoms with van der Waals surface area (Å²) in [5.74, 6) is 0.538. The number of para-hydroxylation sites is 1. The van der Waals surface area contributed by atoms with Gasteiger partial charge >= 0.3 is 0 Å². The molecular weight excluding hydrogens is 302 g/mol. The summed E-state index contributed by atoms with van der Waals surface area (Å²) in [6.45, 7) is 6.01. The van der Waals surface area contributed by atoms with Gasteiger partial charge < -0.3 is 9.64 Å². The largest absolute Gasteiger partial charge is 0.375 e. The van der Waals surface area contributed by atoms with Crippen molar-refractivity contribution in [3.05, 3.63) is 47.3 Å². The van der Waals surface area contributed by atoms with Gasteiger partial charge in [-0.1, -0.05) is 18.2 Å². The Morgan fingerprint density at radius 1 is 1.29 bits per heavy atom. The molecule has 1 unspecified atom stereocenters. The van der Waals surface area contributed by atoms with Crippen LogP contribution in [-0.4, -0.2) is 46.4 Å². The average molecular weight is 325 g/mol. The Labute approximate surface area is 142 Å². The zero-order chi connectivity index (χ0) is 16.7. The fraction of sp³-hybridized carbons (Fsp3) is 0.474.